The maximum absolute atomic E-state index is 5.79. The average molecular weight is 247 g/mol. The van der Waals surface area contributed by atoms with Gasteiger partial charge in [0.25, 0.3) is 0 Å². The molecule has 0 aliphatic rings. The van der Waals surface area contributed by atoms with Crippen molar-refractivity contribution in [1.82, 2.24) is 19.2 Å². The van der Waals surface area contributed by atoms with Gasteiger partial charge in [0.15, 0.2) is 0 Å². The molecule has 0 spiro atoms. The third-order valence-corrected chi connectivity index (χ3v) is 3.70. The lowest BCUT2D eigenvalue weighted by atomic mass is 10.3. The molecular formula is C11H13N5S. The molecule has 0 aromatic carbocycles. The molecule has 0 saturated carbocycles. The van der Waals surface area contributed by atoms with Crippen LogP contribution < -0.4 is 5.73 Å². The van der Waals surface area contributed by atoms with Gasteiger partial charge in [0.05, 0.1) is 17.9 Å². The number of nitrogens with zero attached hydrogens (tertiary/aromatic N) is 4. The van der Waals surface area contributed by atoms with Crippen molar-refractivity contribution in [1.29, 1.82) is 0 Å². The van der Waals surface area contributed by atoms with E-state index in [1.54, 1.807) is 4.52 Å². The maximum atomic E-state index is 5.79. The first-order valence-corrected chi connectivity index (χ1v) is 6.19. The second kappa shape index (κ2) is 3.68. The summed E-state index contributed by atoms with van der Waals surface area (Å²) in [5.41, 5.74) is 7.84. The van der Waals surface area contributed by atoms with Crippen LogP contribution in [0.5, 0.6) is 0 Å². The van der Waals surface area contributed by atoms with Crippen LogP contribution in [0.1, 0.15) is 18.0 Å². The van der Waals surface area contributed by atoms with E-state index in [1.807, 2.05) is 43.2 Å². The Morgan fingerprint density at radius 2 is 2.24 bits per heavy atom. The standard InChI is InChI=1S/C11H13N5S/c1-7(12)10-14-16-6-9(13-11(16)17-10)8-3-4-15(2)5-8/h3-7H,12H2,1-2H3. The first-order valence-electron chi connectivity index (χ1n) is 5.37. The summed E-state index contributed by atoms with van der Waals surface area (Å²) in [7, 11) is 1.99. The second-order valence-electron chi connectivity index (χ2n) is 4.15. The quantitative estimate of drug-likeness (QED) is 0.751. The highest BCUT2D eigenvalue weighted by molar-refractivity contribution is 7.16. The fourth-order valence-electron chi connectivity index (χ4n) is 1.69. The highest BCUT2D eigenvalue weighted by atomic mass is 32.1. The lowest BCUT2D eigenvalue weighted by Gasteiger charge is -1.95. The van der Waals surface area contributed by atoms with Gasteiger partial charge in [0.1, 0.15) is 5.01 Å². The smallest absolute Gasteiger partial charge is 0.212 e. The summed E-state index contributed by atoms with van der Waals surface area (Å²) in [5, 5.41) is 5.32. The van der Waals surface area contributed by atoms with Crippen molar-refractivity contribution in [3.63, 3.8) is 0 Å². The molecule has 0 saturated heterocycles. The van der Waals surface area contributed by atoms with Gasteiger partial charge < -0.3 is 10.3 Å². The Morgan fingerprint density at radius 3 is 2.82 bits per heavy atom. The monoisotopic (exact) mass is 247 g/mol. The minimum absolute atomic E-state index is 0.0399. The first-order chi connectivity index (χ1) is 8.13. The van der Waals surface area contributed by atoms with Crippen molar-refractivity contribution in [2.24, 2.45) is 12.8 Å². The Labute approximate surface area is 103 Å². The Bertz CT molecular complexity index is 629. The Morgan fingerprint density at radius 1 is 1.41 bits per heavy atom. The number of aromatic nitrogens is 4. The van der Waals surface area contributed by atoms with Crippen molar-refractivity contribution in [2.45, 2.75) is 13.0 Å². The minimum atomic E-state index is -0.0399. The van der Waals surface area contributed by atoms with Crippen molar-refractivity contribution in [2.75, 3.05) is 0 Å². The number of imidazole rings is 1. The van der Waals surface area contributed by atoms with Gasteiger partial charge in [-0.1, -0.05) is 11.3 Å². The molecule has 17 heavy (non-hydrogen) atoms. The summed E-state index contributed by atoms with van der Waals surface area (Å²) in [4.78, 5) is 5.43. The van der Waals surface area contributed by atoms with Crippen LogP contribution in [0.2, 0.25) is 0 Å². The molecule has 0 fully saturated rings. The summed E-state index contributed by atoms with van der Waals surface area (Å²) in [6, 6.07) is 2.00. The molecule has 2 N–H and O–H groups in total. The molecule has 0 amide bonds. The summed E-state index contributed by atoms with van der Waals surface area (Å²) in [6.07, 6.45) is 5.98. The molecule has 1 unspecified atom stereocenters. The molecule has 6 heteroatoms. The normalized spacial score (nSPS) is 13.4. The third-order valence-electron chi connectivity index (χ3n) is 2.58. The molecule has 1 atom stereocenters. The van der Waals surface area contributed by atoms with Crippen molar-refractivity contribution in [3.05, 3.63) is 29.7 Å². The van der Waals surface area contributed by atoms with Gasteiger partial charge in [-0.3, -0.25) is 0 Å². The largest absolute Gasteiger partial charge is 0.357 e. The fraction of sp³-hybridized carbons (Fsp3) is 0.273. The van der Waals surface area contributed by atoms with E-state index in [-0.39, 0.29) is 6.04 Å². The Kier molecular flexibility index (Phi) is 2.27. The van der Waals surface area contributed by atoms with Gasteiger partial charge in [-0.2, -0.15) is 5.10 Å². The topological polar surface area (TPSA) is 61.1 Å². The van der Waals surface area contributed by atoms with Gasteiger partial charge in [-0.05, 0) is 13.0 Å². The zero-order valence-corrected chi connectivity index (χ0v) is 10.5. The molecule has 0 aliphatic heterocycles. The van der Waals surface area contributed by atoms with Crippen LogP contribution in [0.25, 0.3) is 16.2 Å². The van der Waals surface area contributed by atoms with Crippen LogP contribution in [0.3, 0.4) is 0 Å². The molecule has 5 nitrogen and oxygen atoms in total. The molecule has 3 heterocycles. The summed E-state index contributed by atoms with van der Waals surface area (Å²) >= 11 is 1.54. The number of fused-ring (bicyclic) bond motifs is 1. The lowest BCUT2D eigenvalue weighted by molar-refractivity contribution is 0.769. The molecular weight excluding hydrogens is 234 g/mol. The average Bonchev–Trinajstić information content (AvgIpc) is 2.88. The SMILES string of the molecule is CC(N)c1nn2cc(-c3ccn(C)c3)nc2s1. The number of nitrogens with two attached hydrogens (primary N) is 1. The van der Waals surface area contributed by atoms with E-state index in [9.17, 15) is 0 Å². The van der Waals surface area contributed by atoms with Crippen molar-refractivity contribution < 1.29 is 0 Å². The molecule has 3 aromatic rings. The van der Waals surface area contributed by atoms with E-state index in [0.29, 0.717) is 0 Å². The van der Waals surface area contributed by atoms with Gasteiger partial charge in [0, 0.05) is 25.0 Å². The van der Waals surface area contributed by atoms with E-state index in [0.717, 1.165) is 21.2 Å². The van der Waals surface area contributed by atoms with Gasteiger partial charge in [0.2, 0.25) is 4.96 Å². The zero-order chi connectivity index (χ0) is 12.0. The van der Waals surface area contributed by atoms with Crippen LogP contribution in [0.4, 0.5) is 0 Å². The van der Waals surface area contributed by atoms with E-state index < -0.39 is 0 Å². The van der Waals surface area contributed by atoms with Crippen LogP contribution >= 0.6 is 11.3 Å². The van der Waals surface area contributed by atoms with Gasteiger partial charge >= 0.3 is 0 Å². The maximum Gasteiger partial charge on any atom is 0.212 e. The summed E-state index contributed by atoms with van der Waals surface area (Å²) in [5.74, 6) is 0. The van der Waals surface area contributed by atoms with Crippen LogP contribution in [-0.2, 0) is 7.05 Å². The lowest BCUT2D eigenvalue weighted by Crippen LogP contribution is -2.04. The van der Waals surface area contributed by atoms with Crippen molar-refractivity contribution in [3.8, 4) is 11.3 Å². The Hall–Kier alpha value is -1.66. The molecule has 0 radical (unpaired) electrons. The van der Waals surface area contributed by atoms with Gasteiger partial charge in [-0.15, -0.1) is 0 Å². The highest BCUT2D eigenvalue weighted by Gasteiger charge is 2.12. The summed E-state index contributed by atoms with van der Waals surface area (Å²) < 4.78 is 3.80. The zero-order valence-electron chi connectivity index (χ0n) is 9.66. The van der Waals surface area contributed by atoms with E-state index in [1.165, 1.54) is 11.3 Å². The molecule has 3 rings (SSSR count). The van der Waals surface area contributed by atoms with E-state index in [4.69, 9.17) is 5.73 Å². The van der Waals surface area contributed by atoms with Crippen LogP contribution in [0, 0.1) is 0 Å². The molecule has 0 aliphatic carbocycles. The second-order valence-corrected chi connectivity index (χ2v) is 5.14. The predicted octanol–water partition coefficient (Wildman–Crippen LogP) is 1.82. The minimum Gasteiger partial charge on any atom is -0.357 e. The highest BCUT2D eigenvalue weighted by Crippen LogP contribution is 2.24. The van der Waals surface area contributed by atoms with E-state index in [2.05, 4.69) is 10.1 Å². The Balaban J connectivity index is 2.06. The van der Waals surface area contributed by atoms with Crippen LogP contribution in [-0.4, -0.2) is 19.2 Å². The third kappa shape index (κ3) is 1.75. The summed E-state index contributed by atoms with van der Waals surface area (Å²) in [6.45, 7) is 1.93. The first kappa shape index (κ1) is 10.5. The number of hydrogen-bond acceptors (Lipinski definition) is 4. The molecule has 88 valence electrons. The van der Waals surface area contributed by atoms with Crippen molar-refractivity contribution >= 4 is 16.3 Å². The number of aryl methyl sites for hydroxylation is 1. The number of hydrogen-bond donors (Lipinski definition) is 1. The number of rotatable bonds is 2. The van der Waals surface area contributed by atoms with Gasteiger partial charge in [-0.25, -0.2) is 9.50 Å². The predicted molar refractivity (Wildman–Crippen MR) is 67.9 cm³/mol. The molecule has 0 bridgehead atoms. The fourth-order valence-corrected chi connectivity index (χ4v) is 2.53. The van der Waals surface area contributed by atoms with Crippen LogP contribution in [0.15, 0.2) is 24.7 Å². The molecule has 3 aromatic heterocycles. The van der Waals surface area contributed by atoms with E-state index >= 15 is 0 Å².